The summed E-state index contributed by atoms with van der Waals surface area (Å²) < 4.78 is 60.0. The summed E-state index contributed by atoms with van der Waals surface area (Å²) in [6.45, 7) is 0.0305. The number of alkyl halides is 3. The van der Waals surface area contributed by atoms with Crippen LogP contribution < -0.4 is 10.6 Å². The Morgan fingerprint density at radius 3 is 2.67 bits per heavy atom. The van der Waals surface area contributed by atoms with Crippen LogP contribution in [0.25, 0.3) is 0 Å². The highest BCUT2D eigenvalue weighted by molar-refractivity contribution is 6.36. The second kappa shape index (κ2) is 7.67. The molecule has 1 aromatic carbocycles. The first-order chi connectivity index (χ1) is 14.2. The van der Waals surface area contributed by atoms with Crippen molar-refractivity contribution in [1.82, 2.24) is 15.1 Å². The van der Waals surface area contributed by atoms with E-state index in [1.54, 1.807) is 12.1 Å². The maximum Gasteiger partial charge on any atom is 0.410 e. The number of hydrogen-bond acceptors (Lipinski definition) is 4. The van der Waals surface area contributed by atoms with E-state index in [4.69, 9.17) is 16.0 Å². The van der Waals surface area contributed by atoms with E-state index in [0.717, 1.165) is 0 Å². The van der Waals surface area contributed by atoms with Gasteiger partial charge >= 0.3 is 6.18 Å². The molecule has 2 N–H and O–H groups in total. The molecule has 2 aromatic heterocycles. The molecule has 0 radical (unpaired) electrons. The number of aromatic nitrogens is 2. The van der Waals surface area contributed by atoms with Crippen LogP contribution in [-0.4, -0.2) is 21.9 Å². The van der Waals surface area contributed by atoms with Crippen LogP contribution in [0.5, 0.6) is 0 Å². The molecule has 0 aliphatic carbocycles. The Balaban J connectivity index is 1.61. The Morgan fingerprint density at radius 1 is 1.30 bits per heavy atom. The summed E-state index contributed by atoms with van der Waals surface area (Å²) in [5.41, 5.74) is 0.268. The van der Waals surface area contributed by atoms with Gasteiger partial charge < -0.3 is 15.1 Å². The minimum atomic E-state index is -4.61. The number of hydrogen-bond donors (Lipinski definition) is 2. The second-order valence-corrected chi connectivity index (χ2v) is 7.15. The van der Waals surface area contributed by atoms with Gasteiger partial charge in [-0.25, -0.2) is 9.07 Å². The Morgan fingerprint density at radius 2 is 2.03 bits per heavy atom. The van der Waals surface area contributed by atoms with E-state index in [1.165, 1.54) is 30.5 Å². The summed E-state index contributed by atoms with van der Waals surface area (Å²) in [6.07, 6.45) is -3.63. The second-order valence-electron chi connectivity index (χ2n) is 6.77. The summed E-state index contributed by atoms with van der Waals surface area (Å²) in [5, 5.41) is 9.02. The number of halogens is 5. The number of amides is 1. The van der Waals surface area contributed by atoms with Crippen LogP contribution in [0.1, 0.15) is 40.3 Å². The van der Waals surface area contributed by atoms with Crippen molar-refractivity contribution in [2.24, 2.45) is 0 Å². The number of nitrogens with one attached hydrogen (secondary N) is 2. The molecule has 3 aromatic rings. The lowest BCUT2D eigenvalue weighted by Gasteiger charge is -2.32. The van der Waals surface area contributed by atoms with Crippen LogP contribution in [0.2, 0.25) is 5.02 Å². The molecule has 0 unspecified atom stereocenters. The molecule has 0 saturated carbocycles. The standard InChI is InChI=1S/C19H15ClF4N4O2/c20-15-16(18(29)25-9-10-3-5-11(21)6-4-10)27-28-14(19(22,23)24)8-12(26-17(15)28)13-2-1-7-30-13/h1-7,12,14,26H,8-9H2,(H,25,29)/t12-,14-/m1/s1. The fourth-order valence-corrected chi connectivity index (χ4v) is 3.54. The van der Waals surface area contributed by atoms with E-state index in [9.17, 15) is 22.4 Å². The van der Waals surface area contributed by atoms with E-state index in [-0.39, 0.29) is 29.5 Å². The van der Waals surface area contributed by atoms with Crippen molar-refractivity contribution in [3.05, 3.63) is 70.5 Å². The lowest BCUT2D eigenvalue weighted by atomic mass is 10.0. The highest BCUT2D eigenvalue weighted by atomic mass is 35.5. The van der Waals surface area contributed by atoms with Crippen molar-refractivity contribution in [1.29, 1.82) is 0 Å². The summed E-state index contributed by atoms with van der Waals surface area (Å²) in [5.74, 6) is -0.970. The van der Waals surface area contributed by atoms with Gasteiger partial charge in [0.2, 0.25) is 0 Å². The van der Waals surface area contributed by atoms with E-state index in [0.29, 0.717) is 16.0 Å². The van der Waals surface area contributed by atoms with E-state index in [2.05, 4.69) is 15.7 Å². The molecule has 1 aliphatic heterocycles. The fraction of sp³-hybridized carbons (Fsp3) is 0.263. The van der Waals surface area contributed by atoms with Crippen LogP contribution in [0.3, 0.4) is 0 Å². The quantitative estimate of drug-likeness (QED) is 0.566. The topological polar surface area (TPSA) is 72.1 Å². The van der Waals surface area contributed by atoms with Gasteiger partial charge in [-0.3, -0.25) is 4.79 Å². The first-order valence-electron chi connectivity index (χ1n) is 8.91. The summed E-state index contributed by atoms with van der Waals surface area (Å²) in [7, 11) is 0. The highest BCUT2D eigenvalue weighted by Crippen LogP contribution is 2.46. The molecule has 0 bridgehead atoms. The largest absolute Gasteiger partial charge is 0.467 e. The number of fused-ring (bicyclic) bond motifs is 1. The summed E-state index contributed by atoms with van der Waals surface area (Å²) in [6, 6.07) is 5.77. The molecule has 2 atom stereocenters. The van der Waals surface area contributed by atoms with Gasteiger partial charge in [0.25, 0.3) is 5.91 Å². The van der Waals surface area contributed by atoms with Crippen molar-refractivity contribution < 1.29 is 26.8 Å². The number of nitrogens with zero attached hydrogens (tertiary/aromatic N) is 2. The summed E-state index contributed by atoms with van der Waals surface area (Å²) >= 11 is 6.23. The third kappa shape index (κ3) is 3.87. The van der Waals surface area contributed by atoms with Crippen molar-refractivity contribution in [3.8, 4) is 0 Å². The molecule has 0 spiro atoms. The van der Waals surface area contributed by atoms with Crippen molar-refractivity contribution in [3.63, 3.8) is 0 Å². The smallest absolute Gasteiger partial charge is 0.410 e. The van der Waals surface area contributed by atoms with Crippen LogP contribution in [-0.2, 0) is 6.54 Å². The zero-order valence-corrected chi connectivity index (χ0v) is 16.0. The van der Waals surface area contributed by atoms with Gasteiger partial charge in [-0.15, -0.1) is 0 Å². The van der Waals surface area contributed by atoms with Gasteiger partial charge in [0.15, 0.2) is 11.7 Å². The first kappa shape index (κ1) is 20.3. The fourth-order valence-electron chi connectivity index (χ4n) is 3.28. The van der Waals surface area contributed by atoms with Gasteiger partial charge in [0.1, 0.15) is 22.4 Å². The SMILES string of the molecule is O=C(NCc1ccc(F)cc1)c1nn2c(c1Cl)N[C@@H](c1ccco1)C[C@@H]2C(F)(F)F. The first-order valence-corrected chi connectivity index (χ1v) is 9.29. The summed E-state index contributed by atoms with van der Waals surface area (Å²) in [4.78, 5) is 12.5. The third-order valence-electron chi connectivity index (χ3n) is 4.76. The van der Waals surface area contributed by atoms with Crippen LogP contribution in [0.4, 0.5) is 23.4 Å². The van der Waals surface area contributed by atoms with Gasteiger partial charge in [-0.2, -0.15) is 18.3 Å². The molecular formula is C19H15ClF4N4O2. The number of carbonyl (C=O) groups is 1. The Labute approximate surface area is 172 Å². The number of furan rings is 1. The van der Waals surface area contributed by atoms with E-state index >= 15 is 0 Å². The number of anilines is 1. The number of carbonyl (C=O) groups excluding carboxylic acids is 1. The van der Waals surface area contributed by atoms with Gasteiger partial charge in [-0.05, 0) is 29.8 Å². The Hall–Kier alpha value is -3.01. The van der Waals surface area contributed by atoms with Crippen molar-refractivity contribution in [2.45, 2.75) is 31.2 Å². The van der Waals surface area contributed by atoms with Gasteiger partial charge in [0.05, 0.1) is 12.3 Å². The lowest BCUT2D eigenvalue weighted by Crippen LogP contribution is -2.35. The molecule has 0 fully saturated rings. The monoisotopic (exact) mass is 442 g/mol. The predicted octanol–water partition coefficient (Wildman–Crippen LogP) is 4.86. The minimum absolute atomic E-state index is 0.0305. The van der Waals surface area contributed by atoms with Crippen molar-refractivity contribution in [2.75, 3.05) is 5.32 Å². The molecule has 4 rings (SSSR count). The minimum Gasteiger partial charge on any atom is -0.467 e. The molecular weight excluding hydrogens is 428 g/mol. The molecule has 1 amide bonds. The molecule has 6 nitrogen and oxygen atoms in total. The molecule has 0 saturated heterocycles. The lowest BCUT2D eigenvalue weighted by molar-refractivity contribution is -0.174. The molecule has 1 aliphatic rings. The number of rotatable bonds is 4. The van der Waals surface area contributed by atoms with E-state index < -0.39 is 30.0 Å². The zero-order valence-electron chi connectivity index (χ0n) is 15.2. The van der Waals surface area contributed by atoms with E-state index in [1.807, 2.05) is 0 Å². The van der Waals surface area contributed by atoms with Gasteiger partial charge in [-0.1, -0.05) is 23.7 Å². The Kier molecular flexibility index (Phi) is 5.19. The molecule has 30 heavy (non-hydrogen) atoms. The number of benzene rings is 1. The van der Waals surface area contributed by atoms with Gasteiger partial charge in [0, 0.05) is 13.0 Å². The zero-order chi connectivity index (χ0) is 21.5. The van der Waals surface area contributed by atoms with Crippen LogP contribution >= 0.6 is 11.6 Å². The molecule has 3 heterocycles. The van der Waals surface area contributed by atoms with Crippen LogP contribution in [0.15, 0.2) is 47.1 Å². The molecule has 11 heteroatoms. The Bertz CT molecular complexity index is 1050. The van der Waals surface area contributed by atoms with Crippen LogP contribution in [0, 0.1) is 5.82 Å². The third-order valence-corrected chi connectivity index (χ3v) is 5.12. The highest BCUT2D eigenvalue weighted by Gasteiger charge is 2.48. The maximum absolute atomic E-state index is 13.7. The van der Waals surface area contributed by atoms with Crippen molar-refractivity contribution >= 4 is 23.3 Å². The average Bonchev–Trinajstić information content (AvgIpc) is 3.34. The molecule has 158 valence electrons. The predicted molar refractivity (Wildman–Crippen MR) is 99.6 cm³/mol. The maximum atomic E-state index is 13.7. The average molecular weight is 443 g/mol. The normalized spacial score (nSPS) is 18.6.